The SMILES string of the molecule is c1ccc2c(c1)Oc1ccccc1C21C2CC3CC(C2)CC1C3. The average molecular weight is 302 g/mol. The lowest BCUT2D eigenvalue weighted by Gasteiger charge is -2.63. The van der Waals surface area contributed by atoms with Gasteiger partial charge in [0.25, 0.3) is 0 Å². The first-order chi connectivity index (χ1) is 11.4. The second-order valence-corrected chi connectivity index (χ2v) is 8.27. The molecule has 0 saturated heterocycles. The van der Waals surface area contributed by atoms with E-state index in [1.54, 1.807) is 0 Å². The van der Waals surface area contributed by atoms with Crippen LogP contribution < -0.4 is 4.74 Å². The van der Waals surface area contributed by atoms with Crippen LogP contribution in [0.25, 0.3) is 0 Å². The van der Waals surface area contributed by atoms with Crippen molar-refractivity contribution in [1.82, 2.24) is 0 Å². The first-order valence-electron chi connectivity index (χ1n) is 9.22. The molecule has 1 aliphatic heterocycles. The van der Waals surface area contributed by atoms with Crippen LogP contribution in [0, 0.1) is 23.7 Å². The summed E-state index contributed by atoms with van der Waals surface area (Å²) in [5.74, 6) is 5.82. The molecular formula is C22H22O. The Balaban J connectivity index is 1.67. The van der Waals surface area contributed by atoms with E-state index in [2.05, 4.69) is 48.5 Å². The minimum absolute atomic E-state index is 0.221. The number of para-hydroxylation sites is 2. The maximum Gasteiger partial charge on any atom is 0.131 e. The fourth-order valence-electron chi connectivity index (χ4n) is 6.87. The third-order valence-electron chi connectivity index (χ3n) is 7.31. The average Bonchev–Trinajstić information content (AvgIpc) is 2.57. The van der Waals surface area contributed by atoms with Crippen molar-refractivity contribution in [2.24, 2.45) is 23.7 Å². The van der Waals surface area contributed by atoms with Crippen LogP contribution in [0.1, 0.15) is 43.2 Å². The van der Waals surface area contributed by atoms with Crippen molar-refractivity contribution >= 4 is 0 Å². The molecule has 23 heavy (non-hydrogen) atoms. The lowest BCUT2D eigenvalue weighted by Crippen LogP contribution is -2.56. The van der Waals surface area contributed by atoms with E-state index in [0.29, 0.717) is 0 Å². The first-order valence-corrected chi connectivity index (χ1v) is 9.22. The molecule has 0 aromatic heterocycles. The second-order valence-electron chi connectivity index (χ2n) is 8.27. The summed E-state index contributed by atoms with van der Waals surface area (Å²) in [6, 6.07) is 17.7. The van der Waals surface area contributed by atoms with Crippen LogP contribution in [-0.2, 0) is 5.41 Å². The largest absolute Gasteiger partial charge is 0.457 e. The van der Waals surface area contributed by atoms with Crippen molar-refractivity contribution < 1.29 is 4.74 Å². The van der Waals surface area contributed by atoms with E-state index >= 15 is 0 Å². The predicted molar refractivity (Wildman–Crippen MR) is 90.8 cm³/mol. The fraction of sp³-hybridized carbons (Fsp3) is 0.455. The van der Waals surface area contributed by atoms with Gasteiger partial charge in [-0.05, 0) is 67.9 Å². The Morgan fingerprint density at radius 1 is 0.652 bits per heavy atom. The highest BCUT2D eigenvalue weighted by atomic mass is 16.5. The Bertz CT molecular complexity index is 715. The van der Waals surface area contributed by atoms with Crippen molar-refractivity contribution in [2.75, 3.05) is 0 Å². The second kappa shape index (κ2) is 4.20. The van der Waals surface area contributed by atoms with Gasteiger partial charge in [0.15, 0.2) is 0 Å². The topological polar surface area (TPSA) is 9.23 Å². The van der Waals surface area contributed by atoms with Crippen LogP contribution in [0.5, 0.6) is 11.5 Å². The molecule has 7 rings (SSSR count). The Labute approximate surface area is 137 Å². The van der Waals surface area contributed by atoms with E-state index in [4.69, 9.17) is 4.74 Å². The lowest BCUT2D eigenvalue weighted by molar-refractivity contribution is -0.0452. The smallest absolute Gasteiger partial charge is 0.131 e. The summed E-state index contributed by atoms with van der Waals surface area (Å²) in [6.45, 7) is 0. The molecule has 116 valence electrons. The molecule has 0 radical (unpaired) electrons. The van der Waals surface area contributed by atoms with E-state index < -0.39 is 0 Å². The van der Waals surface area contributed by atoms with E-state index in [1.165, 1.54) is 43.2 Å². The summed E-state index contributed by atoms with van der Waals surface area (Å²) in [5.41, 5.74) is 3.18. The van der Waals surface area contributed by atoms with E-state index in [1.807, 2.05) is 0 Å². The Morgan fingerprint density at radius 2 is 1.13 bits per heavy atom. The maximum atomic E-state index is 6.31. The molecule has 1 spiro atoms. The zero-order valence-electron chi connectivity index (χ0n) is 13.4. The van der Waals surface area contributed by atoms with Gasteiger partial charge in [-0.15, -0.1) is 0 Å². The van der Waals surface area contributed by atoms with Gasteiger partial charge >= 0.3 is 0 Å². The minimum atomic E-state index is 0.221. The van der Waals surface area contributed by atoms with Crippen LogP contribution in [0.3, 0.4) is 0 Å². The van der Waals surface area contributed by atoms with E-state index in [9.17, 15) is 0 Å². The molecule has 4 saturated carbocycles. The zero-order chi connectivity index (χ0) is 15.0. The van der Waals surface area contributed by atoms with Crippen LogP contribution in [0.4, 0.5) is 0 Å². The van der Waals surface area contributed by atoms with Crippen LogP contribution in [0.15, 0.2) is 48.5 Å². The molecule has 1 nitrogen and oxygen atoms in total. The van der Waals surface area contributed by atoms with Crippen LogP contribution in [0.2, 0.25) is 0 Å². The van der Waals surface area contributed by atoms with Gasteiger partial charge in [0.1, 0.15) is 11.5 Å². The molecule has 5 aliphatic rings. The molecule has 4 bridgehead atoms. The molecule has 4 aliphatic carbocycles. The van der Waals surface area contributed by atoms with Gasteiger partial charge in [0.2, 0.25) is 0 Å². The summed E-state index contributed by atoms with van der Waals surface area (Å²) in [5, 5.41) is 0. The summed E-state index contributed by atoms with van der Waals surface area (Å²) in [4.78, 5) is 0. The quantitative estimate of drug-likeness (QED) is 0.621. The number of rotatable bonds is 0. The molecule has 0 unspecified atom stereocenters. The van der Waals surface area contributed by atoms with Gasteiger partial charge in [0, 0.05) is 16.5 Å². The number of benzene rings is 2. The molecule has 0 atom stereocenters. The number of hydrogen-bond acceptors (Lipinski definition) is 1. The first kappa shape index (κ1) is 12.6. The van der Waals surface area contributed by atoms with E-state index in [-0.39, 0.29) is 5.41 Å². The number of fused-ring (bicyclic) bond motifs is 2. The molecule has 0 amide bonds. The summed E-state index contributed by atoms with van der Waals surface area (Å²) in [6.07, 6.45) is 7.21. The van der Waals surface area contributed by atoms with Gasteiger partial charge in [-0.3, -0.25) is 0 Å². The van der Waals surface area contributed by atoms with Crippen molar-refractivity contribution in [3.63, 3.8) is 0 Å². The Kier molecular flexibility index (Phi) is 2.31. The normalized spacial score (nSPS) is 34.8. The van der Waals surface area contributed by atoms with Gasteiger partial charge < -0.3 is 4.74 Å². The minimum Gasteiger partial charge on any atom is -0.457 e. The third-order valence-corrected chi connectivity index (χ3v) is 7.31. The number of hydrogen-bond donors (Lipinski definition) is 0. The zero-order valence-corrected chi connectivity index (χ0v) is 13.4. The molecule has 1 heteroatoms. The summed E-state index contributed by atoms with van der Waals surface area (Å²) < 4.78 is 6.31. The van der Waals surface area contributed by atoms with Crippen molar-refractivity contribution in [1.29, 1.82) is 0 Å². The van der Waals surface area contributed by atoms with Gasteiger partial charge in [-0.25, -0.2) is 0 Å². The van der Waals surface area contributed by atoms with Gasteiger partial charge in [-0.1, -0.05) is 36.4 Å². The van der Waals surface area contributed by atoms with E-state index in [0.717, 1.165) is 35.2 Å². The maximum absolute atomic E-state index is 6.31. The molecule has 1 heterocycles. The van der Waals surface area contributed by atoms with Crippen LogP contribution >= 0.6 is 0 Å². The molecule has 0 N–H and O–H groups in total. The highest BCUT2D eigenvalue weighted by Gasteiger charge is 2.61. The third kappa shape index (κ3) is 1.45. The predicted octanol–water partition coefficient (Wildman–Crippen LogP) is 5.53. The fourth-order valence-corrected chi connectivity index (χ4v) is 6.87. The molecule has 2 aromatic rings. The van der Waals surface area contributed by atoms with Crippen molar-refractivity contribution in [3.05, 3.63) is 59.7 Å². The molecule has 2 aromatic carbocycles. The van der Waals surface area contributed by atoms with Gasteiger partial charge in [-0.2, -0.15) is 0 Å². The lowest BCUT2D eigenvalue weighted by atomic mass is 9.42. The Morgan fingerprint density at radius 3 is 1.65 bits per heavy atom. The van der Waals surface area contributed by atoms with Crippen molar-refractivity contribution in [3.8, 4) is 11.5 Å². The highest BCUT2D eigenvalue weighted by molar-refractivity contribution is 5.59. The standard InChI is InChI=1S/C22H22O/c1-3-7-20-18(5-1)22(19-6-2-4-8-21(19)23-20)16-10-14-9-15(12-16)13-17(22)11-14/h1-8,14-17H,9-13H2. The van der Waals surface area contributed by atoms with Gasteiger partial charge in [0.05, 0.1) is 0 Å². The molecule has 4 fully saturated rings. The van der Waals surface area contributed by atoms with Crippen LogP contribution in [-0.4, -0.2) is 0 Å². The summed E-state index contributed by atoms with van der Waals surface area (Å²) >= 11 is 0. The molecular weight excluding hydrogens is 280 g/mol. The Hall–Kier alpha value is -1.76. The number of ether oxygens (including phenoxy) is 1. The highest BCUT2D eigenvalue weighted by Crippen LogP contribution is 2.68. The summed E-state index contributed by atoms with van der Waals surface area (Å²) in [7, 11) is 0. The monoisotopic (exact) mass is 302 g/mol. The van der Waals surface area contributed by atoms with Crippen molar-refractivity contribution in [2.45, 2.75) is 37.5 Å².